The van der Waals surface area contributed by atoms with Gasteiger partial charge in [0.1, 0.15) is 5.75 Å². The van der Waals surface area contributed by atoms with Crippen LogP contribution in [0.15, 0.2) is 24.3 Å². The van der Waals surface area contributed by atoms with Crippen molar-refractivity contribution in [3.8, 4) is 5.75 Å². The van der Waals surface area contributed by atoms with Gasteiger partial charge in [-0.3, -0.25) is 9.59 Å². The highest BCUT2D eigenvalue weighted by molar-refractivity contribution is 5.94. The van der Waals surface area contributed by atoms with Crippen LogP contribution >= 0.6 is 0 Å². The summed E-state index contributed by atoms with van der Waals surface area (Å²) in [4.78, 5) is 22.2. The number of unbranched alkanes of at least 4 members (excludes halogenated alkanes) is 1. The molecule has 5 nitrogen and oxygen atoms in total. The molecule has 0 aromatic heterocycles. The molecule has 0 radical (unpaired) electrons. The molecule has 1 aromatic carbocycles. The van der Waals surface area contributed by atoms with Crippen LogP contribution in [-0.2, 0) is 4.79 Å². The Kier molecular flexibility index (Phi) is 7.17. The topological polar surface area (TPSA) is 75.6 Å². The van der Waals surface area contributed by atoms with Crippen molar-refractivity contribution in [3.05, 3.63) is 29.8 Å². The molecule has 0 saturated heterocycles. The Bertz CT molecular complexity index is 445. The molecule has 0 aliphatic rings. The maximum atomic E-state index is 11.9. The standard InChI is InChI=1S/C15H21NO4/c1-2-3-10-20-13-7-4-6-12(11-13)15(19)16-9-5-8-14(17)18/h4,6-7,11H,2-3,5,8-10H2,1H3,(H,16,19)(H,17,18). The minimum absolute atomic E-state index is 0.0560. The summed E-state index contributed by atoms with van der Waals surface area (Å²) >= 11 is 0. The molecule has 5 heteroatoms. The summed E-state index contributed by atoms with van der Waals surface area (Å²) in [5.74, 6) is -0.390. The largest absolute Gasteiger partial charge is 0.494 e. The van der Waals surface area contributed by atoms with Crippen molar-refractivity contribution in [2.75, 3.05) is 13.2 Å². The molecule has 0 heterocycles. The Morgan fingerprint density at radius 2 is 2.10 bits per heavy atom. The quantitative estimate of drug-likeness (QED) is 0.681. The Morgan fingerprint density at radius 3 is 2.80 bits per heavy atom. The predicted octanol–water partition coefficient (Wildman–Crippen LogP) is 2.46. The van der Waals surface area contributed by atoms with Gasteiger partial charge in [-0.15, -0.1) is 0 Å². The molecule has 1 amide bonds. The van der Waals surface area contributed by atoms with Gasteiger partial charge in [-0.1, -0.05) is 19.4 Å². The highest BCUT2D eigenvalue weighted by atomic mass is 16.5. The van der Waals surface area contributed by atoms with Gasteiger partial charge in [0.25, 0.3) is 5.91 Å². The summed E-state index contributed by atoms with van der Waals surface area (Å²) in [6.45, 7) is 3.08. The van der Waals surface area contributed by atoms with E-state index in [0.29, 0.717) is 30.9 Å². The fourth-order valence-electron chi connectivity index (χ4n) is 1.61. The zero-order valence-corrected chi connectivity index (χ0v) is 11.7. The molecule has 0 saturated carbocycles. The molecule has 0 atom stereocenters. The second-order valence-electron chi connectivity index (χ2n) is 4.48. The van der Waals surface area contributed by atoms with Gasteiger partial charge < -0.3 is 15.2 Å². The van der Waals surface area contributed by atoms with E-state index in [1.54, 1.807) is 18.2 Å². The summed E-state index contributed by atoms with van der Waals surface area (Å²) in [5, 5.41) is 11.2. The fourth-order valence-corrected chi connectivity index (χ4v) is 1.61. The van der Waals surface area contributed by atoms with Gasteiger partial charge in [-0.2, -0.15) is 0 Å². The van der Waals surface area contributed by atoms with E-state index in [1.165, 1.54) is 0 Å². The van der Waals surface area contributed by atoms with Crippen LogP contribution in [-0.4, -0.2) is 30.1 Å². The van der Waals surface area contributed by atoms with Crippen LogP contribution in [0.4, 0.5) is 0 Å². The predicted molar refractivity (Wildman–Crippen MR) is 76.0 cm³/mol. The first kappa shape index (κ1) is 16.0. The van der Waals surface area contributed by atoms with Crippen LogP contribution in [0.2, 0.25) is 0 Å². The van der Waals surface area contributed by atoms with Crippen LogP contribution in [0, 0.1) is 0 Å². The van der Waals surface area contributed by atoms with Gasteiger partial charge >= 0.3 is 5.97 Å². The highest BCUT2D eigenvalue weighted by Gasteiger charge is 2.06. The lowest BCUT2D eigenvalue weighted by molar-refractivity contribution is -0.137. The first-order chi connectivity index (χ1) is 9.63. The van der Waals surface area contributed by atoms with Gasteiger partial charge in [-0.25, -0.2) is 0 Å². The monoisotopic (exact) mass is 279 g/mol. The van der Waals surface area contributed by atoms with Crippen LogP contribution in [0.1, 0.15) is 43.0 Å². The van der Waals surface area contributed by atoms with Crippen molar-refractivity contribution >= 4 is 11.9 Å². The molecule has 2 N–H and O–H groups in total. The second-order valence-corrected chi connectivity index (χ2v) is 4.48. The van der Waals surface area contributed by atoms with E-state index in [9.17, 15) is 9.59 Å². The number of hydrogen-bond acceptors (Lipinski definition) is 3. The number of carbonyl (C=O) groups is 2. The van der Waals surface area contributed by atoms with Gasteiger partial charge in [0.15, 0.2) is 0 Å². The summed E-state index contributed by atoms with van der Waals surface area (Å²) in [5.41, 5.74) is 0.523. The minimum Gasteiger partial charge on any atom is -0.494 e. The van der Waals surface area contributed by atoms with E-state index >= 15 is 0 Å². The zero-order valence-electron chi connectivity index (χ0n) is 11.7. The molecular formula is C15H21NO4. The van der Waals surface area contributed by atoms with E-state index in [2.05, 4.69) is 12.2 Å². The minimum atomic E-state index is -0.856. The van der Waals surface area contributed by atoms with Crippen LogP contribution in [0.3, 0.4) is 0 Å². The van der Waals surface area contributed by atoms with Crippen molar-refractivity contribution in [1.82, 2.24) is 5.32 Å². The first-order valence-electron chi connectivity index (χ1n) is 6.86. The number of aliphatic carboxylic acids is 1. The number of nitrogens with one attached hydrogen (secondary N) is 1. The third kappa shape index (κ3) is 6.22. The van der Waals surface area contributed by atoms with Gasteiger partial charge in [0.2, 0.25) is 0 Å². The summed E-state index contributed by atoms with van der Waals surface area (Å²) in [6.07, 6.45) is 2.52. The molecule has 0 fully saturated rings. The molecule has 1 rings (SSSR count). The number of carboxylic acids is 1. The highest BCUT2D eigenvalue weighted by Crippen LogP contribution is 2.13. The van der Waals surface area contributed by atoms with E-state index < -0.39 is 5.97 Å². The Morgan fingerprint density at radius 1 is 1.30 bits per heavy atom. The molecule has 20 heavy (non-hydrogen) atoms. The van der Waals surface area contributed by atoms with Crippen molar-refractivity contribution in [3.63, 3.8) is 0 Å². The number of ether oxygens (including phenoxy) is 1. The maximum absolute atomic E-state index is 11.9. The van der Waals surface area contributed by atoms with Crippen LogP contribution in [0.25, 0.3) is 0 Å². The lowest BCUT2D eigenvalue weighted by Crippen LogP contribution is -2.24. The molecule has 0 unspecified atom stereocenters. The normalized spacial score (nSPS) is 10.1. The molecule has 0 aliphatic heterocycles. The van der Waals surface area contributed by atoms with E-state index in [-0.39, 0.29) is 12.3 Å². The summed E-state index contributed by atoms with van der Waals surface area (Å²) < 4.78 is 5.54. The Labute approximate surface area is 118 Å². The lowest BCUT2D eigenvalue weighted by atomic mass is 10.2. The van der Waals surface area contributed by atoms with Crippen molar-refractivity contribution < 1.29 is 19.4 Å². The number of carbonyl (C=O) groups excluding carboxylic acids is 1. The Hall–Kier alpha value is -2.04. The molecule has 0 bridgehead atoms. The van der Waals surface area contributed by atoms with Gasteiger partial charge in [0, 0.05) is 18.5 Å². The summed E-state index contributed by atoms with van der Waals surface area (Å²) in [6, 6.07) is 6.99. The number of carboxylic acid groups (broad SMARTS) is 1. The fraction of sp³-hybridized carbons (Fsp3) is 0.467. The molecule has 0 aliphatic carbocycles. The van der Waals surface area contributed by atoms with Crippen molar-refractivity contribution in [2.24, 2.45) is 0 Å². The number of amides is 1. The number of benzene rings is 1. The number of hydrogen-bond donors (Lipinski definition) is 2. The van der Waals surface area contributed by atoms with Gasteiger partial charge in [0.05, 0.1) is 6.61 Å². The molecular weight excluding hydrogens is 258 g/mol. The summed E-state index contributed by atoms with van der Waals surface area (Å²) in [7, 11) is 0. The smallest absolute Gasteiger partial charge is 0.303 e. The van der Waals surface area contributed by atoms with Crippen LogP contribution in [0.5, 0.6) is 5.75 Å². The number of rotatable bonds is 9. The molecule has 1 aromatic rings. The third-order valence-electron chi connectivity index (χ3n) is 2.72. The van der Waals surface area contributed by atoms with E-state index in [1.807, 2.05) is 6.07 Å². The Balaban J connectivity index is 2.42. The molecule has 110 valence electrons. The van der Waals surface area contributed by atoms with Crippen molar-refractivity contribution in [2.45, 2.75) is 32.6 Å². The maximum Gasteiger partial charge on any atom is 0.303 e. The zero-order chi connectivity index (χ0) is 14.8. The van der Waals surface area contributed by atoms with E-state index in [4.69, 9.17) is 9.84 Å². The average Bonchev–Trinajstić information content (AvgIpc) is 2.44. The first-order valence-corrected chi connectivity index (χ1v) is 6.86. The lowest BCUT2D eigenvalue weighted by Gasteiger charge is -2.08. The van der Waals surface area contributed by atoms with Crippen molar-refractivity contribution in [1.29, 1.82) is 0 Å². The third-order valence-corrected chi connectivity index (χ3v) is 2.72. The van der Waals surface area contributed by atoms with Gasteiger partial charge in [-0.05, 0) is 31.0 Å². The van der Waals surface area contributed by atoms with Crippen LogP contribution < -0.4 is 10.1 Å². The average molecular weight is 279 g/mol. The molecule has 0 spiro atoms. The van der Waals surface area contributed by atoms with E-state index in [0.717, 1.165) is 12.8 Å². The SMILES string of the molecule is CCCCOc1cccc(C(=O)NCCCC(=O)O)c1. The second kappa shape index (κ2) is 8.96.